The van der Waals surface area contributed by atoms with Crippen molar-refractivity contribution in [3.05, 3.63) is 205 Å². The van der Waals surface area contributed by atoms with E-state index in [4.69, 9.17) is 17.0 Å². The van der Waals surface area contributed by atoms with Crippen LogP contribution in [-0.2, 0) is 20.8 Å². The molecule has 0 aliphatic rings. The molecule has 4 heteroatoms. The molecular formula is C60H56Cl2SiZr. The normalized spacial score (nSPS) is 11.8. The van der Waals surface area contributed by atoms with E-state index in [9.17, 15) is 0 Å². The van der Waals surface area contributed by atoms with Gasteiger partial charge in [-0.05, 0) is 66.8 Å². The first-order valence-electron chi connectivity index (χ1n) is 22.4. The van der Waals surface area contributed by atoms with Gasteiger partial charge < -0.3 is 0 Å². The fraction of sp³-hybridized carbons (Fsp3) is 0.167. The summed E-state index contributed by atoms with van der Waals surface area (Å²) in [5, 5.41) is 10.6. The maximum absolute atomic E-state index is 4.93. The number of benzene rings is 8. The Bertz CT molecular complexity index is 2860. The molecule has 0 saturated carbocycles. The van der Waals surface area contributed by atoms with Crippen molar-refractivity contribution in [1.29, 1.82) is 0 Å². The van der Waals surface area contributed by atoms with Gasteiger partial charge in [0.15, 0.2) is 0 Å². The summed E-state index contributed by atoms with van der Waals surface area (Å²) in [5.74, 6) is 1.17. The first-order chi connectivity index (χ1) is 31.3. The van der Waals surface area contributed by atoms with E-state index in [0.717, 1.165) is 22.4 Å². The summed E-state index contributed by atoms with van der Waals surface area (Å²) in [6.07, 6.45) is 2.33. The van der Waals surface area contributed by atoms with E-state index in [1.165, 1.54) is 98.7 Å². The van der Waals surface area contributed by atoms with E-state index in [1.54, 1.807) is 0 Å². The Morgan fingerprint density at radius 1 is 0.406 bits per heavy atom. The third kappa shape index (κ3) is 10.5. The molecule has 2 atom stereocenters. The molecule has 318 valence electrons. The van der Waals surface area contributed by atoms with Crippen molar-refractivity contribution in [1.82, 2.24) is 0 Å². The minimum absolute atomic E-state index is 0.587. The molecular weight excluding hydrogens is 911 g/mol. The number of fused-ring (bicyclic) bond motifs is 4. The summed E-state index contributed by atoms with van der Waals surface area (Å²) < 4.78 is 0. The van der Waals surface area contributed by atoms with Crippen molar-refractivity contribution < 1.29 is 20.8 Å². The van der Waals surface area contributed by atoms with Crippen LogP contribution in [0.2, 0.25) is 13.1 Å². The van der Waals surface area contributed by atoms with E-state index in [2.05, 4.69) is 235 Å². The fourth-order valence-corrected chi connectivity index (χ4v) is 8.85. The zero-order valence-corrected chi connectivity index (χ0v) is 42.8. The van der Waals surface area contributed by atoms with Gasteiger partial charge >= 0.3 is 37.9 Å². The molecule has 0 aliphatic heterocycles. The van der Waals surface area contributed by atoms with Crippen LogP contribution in [0.25, 0.3) is 87.6 Å². The Morgan fingerprint density at radius 2 is 0.672 bits per heavy atom. The molecule has 0 aliphatic carbocycles. The molecule has 0 aromatic heterocycles. The molecule has 2 unspecified atom stereocenters. The van der Waals surface area contributed by atoms with Gasteiger partial charge in [-0.25, -0.2) is 0 Å². The van der Waals surface area contributed by atoms with E-state index >= 15 is 0 Å². The van der Waals surface area contributed by atoms with Gasteiger partial charge in [0, 0.05) is 9.52 Å². The van der Waals surface area contributed by atoms with Crippen molar-refractivity contribution in [2.45, 2.75) is 65.5 Å². The van der Waals surface area contributed by atoms with Crippen LogP contribution < -0.4 is 0 Å². The van der Waals surface area contributed by atoms with Gasteiger partial charge in [-0.2, -0.15) is 12.1 Å². The van der Waals surface area contributed by atoms with Crippen LogP contribution in [0.1, 0.15) is 63.5 Å². The second-order valence-corrected chi connectivity index (χ2v) is 21.3. The van der Waals surface area contributed by atoms with Gasteiger partial charge in [-0.3, -0.25) is 0 Å². The number of hydrogen-bond acceptors (Lipinski definition) is 0. The van der Waals surface area contributed by atoms with E-state index < -0.39 is 20.8 Å². The molecule has 0 spiro atoms. The van der Waals surface area contributed by atoms with Gasteiger partial charge in [0.1, 0.15) is 0 Å². The quantitative estimate of drug-likeness (QED) is 0.105. The predicted octanol–water partition coefficient (Wildman–Crippen LogP) is 19.3. The van der Waals surface area contributed by atoms with Crippen molar-refractivity contribution in [2.24, 2.45) is 0 Å². The zero-order chi connectivity index (χ0) is 45.0. The zero-order valence-electron chi connectivity index (χ0n) is 37.8. The molecule has 2 radical (unpaired) electrons. The number of rotatable bonds is 8. The van der Waals surface area contributed by atoms with Crippen LogP contribution in [0.5, 0.6) is 0 Å². The molecule has 0 fully saturated rings. The van der Waals surface area contributed by atoms with Crippen LogP contribution in [0, 0.1) is 0 Å². The van der Waals surface area contributed by atoms with Crippen LogP contribution in [-0.4, -0.2) is 9.52 Å². The van der Waals surface area contributed by atoms with Gasteiger partial charge in [-0.15, -0.1) is 69.1 Å². The summed E-state index contributed by atoms with van der Waals surface area (Å²) in [6, 6.07) is 71.1. The molecule has 0 N–H and O–H groups in total. The average Bonchev–Trinajstić information content (AvgIpc) is 4.00. The van der Waals surface area contributed by atoms with Gasteiger partial charge in [0.05, 0.1) is 0 Å². The van der Waals surface area contributed by atoms with E-state index in [1.807, 2.05) is 0 Å². The summed E-state index contributed by atoms with van der Waals surface area (Å²) in [4.78, 5) is 0. The molecule has 10 aromatic rings. The Kier molecular flexibility index (Phi) is 16.9. The molecule has 0 bridgehead atoms. The molecule has 10 rings (SSSR count). The Hall–Kier alpha value is -4.82. The van der Waals surface area contributed by atoms with Crippen LogP contribution in [0.15, 0.2) is 194 Å². The Balaban J connectivity index is 0.000000171. The van der Waals surface area contributed by atoms with Crippen LogP contribution in [0.4, 0.5) is 0 Å². The van der Waals surface area contributed by atoms with Crippen LogP contribution >= 0.6 is 17.0 Å². The SMILES string of the molecule is CCC(C)c1cc2c(-c3ccccc3-c3cccc4ccccc34)cccc2[cH-]1.CCC(C)c1cc2c(-c3ccccc3-c3cccc4ccccc34)cccc2[cH-]1.C[Si]C.[Cl][Zr+2][Cl]. The molecule has 0 nitrogen and oxygen atoms in total. The third-order valence-corrected chi connectivity index (χ3v) is 12.5. The summed E-state index contributed by atoms with van der Waals surface area (Å²) >= 11 is -0.826. The van der Waals surface area contributed by atoms with Crippen molar-refractivity contribution >= 4 is 69.6 Å². The van der Waals surface area contributed by atoms with E-state index in [-0.39, 0.29) is 0 Å². The minimum atomic E-state index is -0.826. The number of halogens is 2. The molecule has 10 aromatic carbocycles. The second-order valence-electron chi connectivity index (χ2n) is 16.5. The van der Waals surface area contributed by atoms with E-state index in [0.29, 0.717) is 11.8 Å². The Morgan fingerprint density at radius 3 is 1.02 bits per heavy atom. The first kappa shape index (κ1) is 47.2. The van der Waals surface area contributed by atoms with Crippen molar-refractivity contribution in [3.63, 3.8) is 0 Å². The van der Waals surface area contributed by atoms with Gasteiger partial charge in [-0.1, -0.05) is 210 Å². The van der Waals surface area contributed by atoms with Crippen molar-refractivity contribution in [2.75, 3.05) is 0 Å². The predicted molar refractivity (Wildman–Crippen MR) is 282 cm³/mol. The molecule has 0 heterocycles. The van der Waals surface area contributed by atoms with Crippen molar-refractivity contribution in [3.8, 4) is 44.5 Å². The number of hydrogen-bond donors (Lipinski definition) is 0. The molecule has 0 amide bonds. The monoisotopic (exact) mass is 964 g/mol. The second kappa shape index (κ2) is 22.9. The fourth-order valence-electron chi connectivity index (χ4n) is 8.85. The summed E-state index contributed by atoms with van der Waals surface area (Å²) in [6.45, 7) is 13.5. The topological polar surface area (TPSA) is 0 Å². The standard InChI is InChI=1S/2C29H25.C2H6Si.2ClH.Zr/c2*1-3-20(2)23-18-22-12-9-17-28(29(22)19-23)27-15-7-6-14-26(27)25-16-8-11-21-10-4-5-13-24(21)25;1-3-2;;;/h2*4-20H,3H2,1-2H3;1-2H3;2*1H;/q2*-1;;;;+4/p-2. The first-order valence-corrected chi connectivity index (χ1v) is 30.8. The Labute approximate surface area is 402 Å². The van der Waals surface area contributed by atoms with Gasteiger partial charge in [0.2, 0.25) is 0 Å². The summed E-state index contributed by atoms with van der Waals surface area (Å²) in [7, 11) is 11.0. The van der Waals surface area contributed by atoms with Gasteiger partial charge in [0.25, 0.3) is 0 Å². The average molecular weight is 967 g/mol. The third-order valence-electron chi connectivity index (χ3n) is 12.5. The molecule has 64 heavy (non-hydrogen) atoms. The summed E-state index contributed by atoms with van der Waals surface area (Å²) in [5.41, 5.74) is 13.3. The molecule has 0 saturated heterocycles. The van der Waals surface area contributed by atoms with Crippen LogP contribution in [0.3, 0.4) is 0 Å². The maximum atomic E-state index is 4.93.